The van der Waals surface area contributed by atoms with Gasteiger partial charge in [0.15, 0.2) is 0 Å². The van der Waals surface area contributed by atoms with Crippen molar-refractivity contribution in [1.82, 2.24) is 5.32 Å². The smallest absolute Gasteiger partial charge is 0.328 e. The number of carbonyl (C=O) groups is 2. The largest absolute Gasteiger partial charge is 0.480 e. The summed E-state index contributed by atoms with van der Waals surface area (Å²) in [4.78, 5) is 32.5. The predicted molar refractivity (Wildman–Crippen MR) is 72.0 cm³/mol. The first-order chi connectivity index (χ1) is 9.13. The minimum absolute atomic E-state index is 0.0135. The highest BCUT2D eigenvalue weighted by Gasteiger charge is 2.29. The van der Waals surface area contributed by atoms with Gasteiger partial charge in [0.2, 0.25) is 0 Å². The van der Waals surface area contributed by atoms with Crippen LogP contribution in [0.3, 0.4) is 0 Å². The number of nitrogens with one attached hydrogen (secondary N) is 2. The summed E-state index contributed by atoms with van der Waals surface area (Å²) in [5.74, 6) is -1.22. The van der Waals surface area contributed by atoms with Gasteiger partial charge in [-0.3, -0.25) is 10.1 Å². The Morgan fingerprint density at radius 2 is 2.00 bits per heavy atom. The Balaban J connectivity index is 2.88. The molecule has 3 N–H and O–H groups in total. The van der Waals surface area contributed by atoms with E-state index in [1.807, 2.05) is 0 Å². The maximum atomic E-state index is 11.7. The Labute approximate surface area is 118 Å². The van der Waals surface area contributed by atoms with E-state index in [4.69, 9.17) is 16.7 Å². The van der Waals surface area contributed by atoms with Crippen molar-refractivity contribution in [3.8, 4) is 0 Å². The number of nitrogens with zero attached hydrogens (tertiary/aromatic N) is 1. The van der Waals surface area contributed by atoms with Crippen LogP contribution >= 0.6 is 11.6 Å². The molecule has 0 saturated heterocycles. The monoisotopic (exact) mass is 301 g/mol. The van der Waals surface area contributed by atoms with Gasteiger partial charge in [-0.25, -0.2) is 9.59 Å². The molecular formula is C11H12ClN3O5. The van der Waals surface area contributed by atoms with Crippen LogP contribution in [0.15, 0.2) is 18.2 Å². The summed E-state index contributed by atoms with van der Waals surface area (Å²) in [5.41, 5.74) is -1.72. The van der Waals surface area contributed by atoms with Crippen molar-refractivity contribution in [2.45, 2.75) is 19.4 Å². The number of amides is 2. The molecule has 20 heavy (non-hydrogen) atoms. The van der Waals surface area contributed by atoms with Crippen LogP contribution in [-0.2, 0) is 4.79 Å². The summed E-state index contributed by atoms with van der Waals surface area (Å²) in [5, 5.41) is 24.1. The zero-order valence-electron chi connectivity index (χ0n) is 10.6. The maximum absolute atomic E-state index is 11.7. The van der Waals surface area contributed by atoms with E-state index in [0.717, 1.165) is 6.07 Å². The molecule has 0 fully saturated rings. The van der Waals surface area contributed by atoms with E-state index in [9.17, 15) is 19.7 Å². The standard InChI is InChI=1S/C11H12ClN3O5/c1-11(2,9(16)17)14-10(18)13-8-5-6(15(19)20)3-4-7(8)12/h3-5H,1-2H3,(H,16,17)(H2,13,14,18). The number of nitro benzene ring substituents is 1. The van der Waals surface area contributed by atoms with Crippen molar-refractivity contribution in [3.63, 3.8) is 0 Å². The van der Waals surface area contributed by atoms with Crippen LogP contribution in [0.25, 0.3) is 0 Å². The number of nitro groups is 1. The number of non-ortho nitro benzene ring substituents is 1. The van der Waals surface area contributed by atoms with Gasteiger partial charge in [-0.2, -0.15) is 0 Å². The van der Waals surface area contributed by atoms with Crippen molar-refractivity contribution in [2.24, 2.45) is 0 Å². The van der Waals surface area contributed by atoms with E-state index < -0.39 is 22.5 Å². The second-order valence-corrected chi connectivity index (χ2v) is 4.84. The molecule has 2 amide bonds. The van der Waals surface area contributed by atoms with Crippen LogP contribution < -0.4 is 10.6 Å². The average molecular weight is 302 g/mol. The number of carboxylic acid groups (broad SMARTS) is 1. The number of hydrogen-bond donors (Lipinski definition) is 3. The summed E-state index contributed by atoms with van der Waals surface area (Å²) in [6, 6.07) is 2.69. The summed E-state index contributed by atoms with van der Waals surface area (Å²) >= 11 is 5.80. The highest BCUT2D eigenvalue weighted by molar-refractivity contribution is 6.33. The first kappa shape index (κ1) is 15.7. The van der Waals surface area contributed by atoms with Crippen LogP contribution in [-0.4, -0.2) is 27.6 Å². The lowest BCUT2D eigenvalue weighted by molar-refractivity contribution is -0.384. The third-order valence-corrected chi connectivity index (χ3v) is 2.70. The second kappa shape index (κ2) is 5.74. The van der Waals surface area contributed by atoms with Crippen molar-refractivity contribution < 1.29 is 19.6 Å². The van der Waals surface area contributed by atoms with Gasteiger partial charge in [-0.05, 0) is 19.9 Å². The molecule has 9 heteroatoms. The minimum atomic E-state index is -1.49. The number of halogens is 1. The van der Waals surface area contributed by atoms with E-state index in [1.54, 1.807) is 0 Å². The quantitative estimate of drug-likeness (QED) is 0.581. The number of anilines is 1. The van der Waals surface area contributed by atoms with Crippen molar-refractivity contribution in [2.75, 3.05) is 5.32 Å². The van der Waals surface area contributed by atoms with Crippen LogP contribution in [0.5, 0.6) is 0 Å². The third-order valence-electron chi connectivity index (χ3n) is 2.37. The zero-order valence-corrected chi connectivity index (χ0v) is 11.4. The molecule has 8 nitrogen and oxygen atoms in total. The second-order valence-electron chi connectivity index (χ2n) is 4.43. The van der Waals surface area contributed by atoms with Gasteiger partial charge in [0.1, 0.15) is 5.54 Å². The fourth-order valence-electron chi connectivity index (χ4n) is 1.21. The van der Waals surface area contributed by atoms with Gasteiger partial charge in [0, 0.05) is 12.1 Å². The highest BCUT2D eigenvalue weighted by Crippen LogP contribution is 2.26. The van der Waals surface area contributed by atoms with Crippen molar-refractivity contribution in [3.05, 3.63) is 33.3 Å². The lowest BCUT2D eigenvalue weighted by Gasteiger charge is -2.21. The predicted octanol–water partition coefficient (Wildman–Crippen LogP) is 2.23. The molecule has 0 spiro atoms. The van der Waals surface area contributed by atoms with Gasteiger partial charge in [0.05, 0.1) is 15.6 Å². The Morgan fingerprint density at radius 3 is 2.50 bits per heavy atom. The van der Waals surface area contributed by atoms with Gasteiger partial charge in [-0.15, -0.1) is 0 Å². The number of urea groups is 1. The molecular weight excluding hydrogens is 290 g/mol. The molecule has 0 saturated carbocycles. The van der Waals surface area contributed by atoms with Crippen molar-refractivity contribution >= 4 is 35.0 Å². The molecule has 108 valence electrons. The lowest BCUT2D eigenvalue weighted by atomic mass is 10.1. The van der Waals surface area contributed by atoms with Crippen LogP contribution in [0.1, 0.15) is 13.8 Å². The van der Waals surface area contributed by atoms with Crippen LogP contribution in [0, 0.1) is 10.1 Å². The topological polar surface area (TPSA) is 122 Å². The van der Waals surface area contributed by atoms with Gasteiger partial charge < -0.3 is 15.7 Å². The summed E-state index contributed by atoms with van der Waals surface area (Å²) in [7, 11) is 0. The van der Waals surface area contributed by atoms with E-state index in [0.29, 0.717) is 0 Å². The number of aliphatic carboxylic acids is 1. The minimum Gasteiger partial charge on any atom is -0.480 e. The SMILES string of the molecule is CC(C)(NC(=O)Nc1cc([N+](=O)[O-])ccc1Cl)C(=O)O. The van der Waals surface area contributed by atoms with E-state index in [-0.39, 0.29) is 16.4 Å². The zero-order chi connectivity index (χ0) is 15.5. The van der Waals surface area contributed by atoms with Gasteiger partial charge in [0.25, 0.3) is 5.69 Å². The molecule has 0 aliphatic carbocycles. The van der Waals surface area contributed by atoms with E-state index >= 15 is 0 Å². The fraction of sp³-hybridized carbons (Fsp3) is 0.273. The average Bonchev–Trinajstić information content (AvgIpc) is 2.30. The molecule has 1 rings (SSSR count). The normalized spacial score (nSPS) is 10.8. The molecule has 0 unspecified atom stereocenters. The van der Waals surface area contributed by atoms with Crippen molar-refractivity contribution in [1.29, 1.82) is 0 Å². The summed E-state index contributed by atoms with van der Waals surface area (Å²) in [6.45, 7) is 2.59. The Morgan fingerprint density at radius 1 is 1.40 bits per heavy atom. The fourth-order valence-corrected chi connectivity index (χ4v) is 1.38. The molecule has 0 atom stereocenters. The number of benzene rings is 1. The van der Waals surface area contributed by atoms with Crippen LogP contribution in [0.4, 0.5) is 16.2 Å². The number of rotatable bonds is 4. The Hall–Kier alpha value is -2.35. The van der Waals surface area contributed by atoms with E-state index in [1.165, 1.54) is 26.0 Å². The molecule has 0 aliphatic rings. The van der Waals surface area contributed by atoms with Gasteiger partial charge in [-0.1, -0.05) is 11.6 Å². The summed E-state index contributed by atoms with van der Waals surface area (Å²) < 4.78 is 0. The highest BCUT2D eigenvalue weighted by atomic mass is 35.5. The Bertz CT molecular complexity index is 573. The third kappa shape index (κ3) is 3.82. The lowest BCUT2D eigenvalue weighted by Crippen LogP contribution is -2.51. The maximum Gasteiger partial charge on any atom is 0.328 e. The molecule has 1 aromatic carbocycles. The Kier molecular flexibility index (Phi) is 4.51. The molecule has 0 heterocycles. The van der Waals surface area contributed by atoms with E-state index in [2.05, 4.69) is 10.6 Å². The van der Waals surface area contributed by atoms with Crippen LogP contribution in [0.2, 0.25) is 5.02 Å². The molecule has 0 aromatic heterocycles. The first-order valence-electron chi connectivity index (χ1n) is 5.40. The molecule has 0 radical (unpaired) electrons. The first-order valence-corrected chi connectivity index (χ1v) is 5.78. The molecule has 0 bridgehead atoms. The summed E-state index contributed by atoms with van der Waals surface area (Å²) in [6.07, 6.45) is 0. The van der Waals surface area contributed by atoms with Gasteiger partial charge >= 0.3 is 12.0 Å². The number of carboxylic acids is 1. The molecule has 1 aromatic rings. The number of carbonyl (C=O) groups excluding carboxylic acids is 1. The number of hydrogen-bond acceptors (Lipinski definition) is 4. The molecule has 0 aliphatic heterocycles.